The minimum absolute atomic E-state index is 0.190. The SMILES string of the molecule is O=C(NC[C@@H](O)Cc1ccccc1)c1ccccc1Br. The zero-order chi connectivity index (χ0) is 14.4. The number of halogens is 1. The zero-order valence-corrected chi connectivity index (χ0v) is 12.5. The largest absolute Gasteiger partial charge is 0.391 e. The molecule has 2 N–H and O–H groups in total. The minimum Gasteiger partial charge on any atom is -0.391 e. The Bertz CT molecular complexity index is 572. The summed E-state index contributed by atoms with van der Waals surface area (Å²) < 4.78 is 0.745. The summed E-state index contributed by atoms with van der Waals surface area (Å²) in [5, 5.41) is 12.7. The topological polar surface area (TPSA) is 49.3 Å². The van der Waals surface area contributed by atoms with E-state index >= 15 is 0 Å². The number of hydrogen-bond donors (Lipinski definition) is 2. The molecule has 0 radical (unpaired) electrons. The molecule has 0 heterocycles. The first-order chi connectivity index (χ1) is 9.66. The number of carbonyl (C=O) groups excluding carboxylic acids is 1. The fourth-order valence-electron chi connectivity index (χ4n) is 1.91. The number of aliphatic hydroxyl groups excluding tert-OH is 1. The predicted molar refractivity (Wildman–Crippen MR) is 82.6 cm³/mol. The van der Waals surface area contributed by atoms with Crippen molar-refractivity contribution in [1.82, 2.24) is 5.32 Å². The number of aliphatic hydroxyl groups is 1. The van der Waals surface area contributed by atoms with Gasteiger partial charge in [-0.05, 0) is 33.6 Å². The third-order valence-corrected chi connectivity index (χ3v) is 3.62. The van der Waals surface area contributed by atoms with Gasteiger partial charge in [0.25, 0.3) is 5.91 Å². The van der Waals surface area contributed by atoms with Crippen molar-refractivity contribution in [1.29, 1.82) is 0 Å². The molecule has 1 atom stereocenters. The van der Waals surface area contributed by atoms with E-state index in [4.69, 9.17) is 0 Å². The summed E-state index contributed by atoms with van der Waals surface area (Å²) >= 11 is 3.33. The molecule has 0 spiro atoms. The molecule has 0 aliphatic heterocycles. The van der Waals surface area contributed by atoms with Crippen LogP contribution in [0.2, 0.25) is 0 Å². The van der Waals surface area contributed by atoms with Crippen LogP contribution in [0.15, 0.2) is 59.1 Å². The summed E-state index contributed by atoms with van der Waals surface area (Å²) in [5.41, 5.74) is 1.62. The third-order valence-electron chi connectivity index (χ3n) is 2.93. The highest BCUT2D eigenvalue weighted by molar-refractivity contribution is 9.10. The fraction of sp³-hybridized carbons (Fsp3) is 0.188. The van der Waals surface area contributed by atoms with Gasteiger partial charge in [-0.25, -0.2) is 0 Å². The Morgan fingerprint density at radius 1 is 1.10 bits per heavy atom. The Morgan fingerprint density at radius 3 is 2.45 bits per heavy atom. The molecule has 2 aromatic carbocycles. The Kier molecular flexibility index (Phi) is 5.32. The smallest absolute Gasteiger partial charge is 0.252 e. The fourth-order valence-corrected chi connectivity index (χ4v) is 2.37. The molecule has 0 saturated heterocycles. The normalized spacial score (nSPS) is 11.9. The molecule has 2 aromatic rings. The molecular weight excluding hydrogens is 318 g/mol. The first-order valence-corrected chi connectivity index (χ1v) is 7.21. The molecule has 0 aliphatic rings. The highest BCUT2D eigenvalue weighted by atomic mass is 79.9. The van der Waals surface area contributed by atoms with Gasteiger partial charge in [0, 0.05) is 17.4 Å². The predicted octanol–water partition coefficient (Wildman–Crippen LogP) is 2.78. The van der Waals surface area contributed by atoms with Gasteiger partial charge in [0.05, 0.1) is 11.7 Å². The van der Waals surface area contributed by atoms with Crippen LogP contribution in [0.5, 0.6) is 0 Å². The molecule has 0 aromatic heterocycles. The number of benzene rings is 2. The number of nitrogens with one attached hydrogen (secondary N) is 1. The van der Waals surface area contributed by atoms with E-state index in [1.807, 2.05) is 42.5 Å². The summed E-state index contributed by atoms with van der Waals surface area (Å²) in [6, 6.07) is 16.9. The van der Waals surface area contributed by atoms with Crippen LogP contribution in [0.4, 0.5) is 0 Å². The average molecular weight is 334 g/mol. The lowest BCUT2D eigenvalue weighted by Gasteiger charge is -2.12. The van der Waals surface area contributed by atoms with Gasteiger partial charge in [0.1, 0.15) is 0 Å². The van der Waals surface area contributed by atoms with Crippen molar-refractivity contribution in [2.45, 2.75) is 12.5 Å². The second-order valence-electron chi connectivity index (χ2n) is 4.53. The van der Waals surface area contributed by atoms with Gasteiger partial charge in [0.15, 0.2) is 0 Å². The monoisotopic (exact) mass is 333 g/mol. The molecule has 3 nitrogen and oxygen atoms in total. The van der Waals surface area contributed by atoms with Crippen molar-refractivity contribution in [2.75, 3.05) is 6.54 Å². The number of carbonyl (C=O) groups is 1. The van der Waals surface area contributed by atoms with Crippen LogP contribution in [-0.4, -0.2) is 23.7 Å². The average Bonchev–Trinajstić information content (AvgIpc) is 2.46. The lowest BCUT2D eigenvalue weighted by molar-refractivity contribution is 0.0915. The van der Waals surface area contributed by atoms with Gasteiger partial charge in [-0.2, -0.15) is 0 Å². The van der Waals surface area contributed by atoms with E-state index in [-0.39, 0.29) is 12.5 Å². The molecular formula is C16H16BrNO2. The van der Waals surface area contributed by atoms with Crippen LogP contribution in [0, 0.1) is 0 Å². The lowest BCUT2D eigenvalue weighted by Crippen LogP contribution is -2.33. The Morgan fingerprint density at radius 2 is 1.75 bits per heavy atom. The standard InChI is InChI=1S/C16H16BrNO2/c17-15-9-5-4-8-14(15)16(20)18-11-13(19)10-12-6-2-1-3-7-12/h1-9,13,19H,10-11H2,(H,18,20)/t13-/m0/s1. The molecule has 104 valence electrons. The Balaban J connectivity index is 1.86. The van der Waals surface area contributed by atoms with Crippen molar-refractivity contribution in [2.24, 2.45) is 0 Å². The maximum Gasteiger partial charge on any atom is 0.252 e. The van der Waals surface area contributed by atoms with Crippen LogP contribution in [0.25, 0.3) is 0 Å². The van der Waals surface area contributed by atoms with Gasteiger partial charge >= 0.3 is 0 Å². The summed E-state index contributed by atoms with van der Waals surface area (Å²) in [6.07, 6.45) is -0.0688. The van der Waals surface area contributed by atoms with Crippen molar-refractivity contribution in [3.8, 4) is 0 Å². The number of rotatable bonds is 5. The van der Waals surface area contributed by atoms with Gasteiger partial charge < -0.3 is 10.4 Å². The minimum atomic E-state index is -0.594. The maximum absolute atomic E-state index is 12.0. The van der Waals surface area contributed by atoms with E-state index in [1.54, 1.807) is 12.1 Å². The van der Waals surface area contributed by atoms with Gasteiger partial charge in [-0.3, -0.25) is 4.79 Å². The van der Waals surface area contributed by atoms with Crippen LogP contribution in [0.1, 0.15) is 15.9 Å². The summed E-state index contributed by atoms with van der Waals surface area (Å²) in [7, 11) is 0. The molecule has 0 unspecified atom stereocenters. The van der Waals surface area contributed by atoms with Gasteiger partial charge in [0.2, 0.25) is 0 Å². The Labute approximate surface area is 126 Å². The molecule has 4 heteroatoms. The number of amides is 1. The first kappa shape index (κ1) is 14.8. The molecule has 2 rings (SSSR count). The van der Waals surface area contributed by atoms with Crippen LogP contribution >= 0.6 is 15.9 Å². The van der Waals surface area contributed by atoms with E-state index in [0.717, 1.165) is 10.0 Å². The number of hydrogen-bond acceptors (Lipinski definition) is 2. The second-order valence-corrected chi connectivity index (χ2v) is 5.39. The first-order valence-electron chi connectivity index (χ1n) is 6.41. The molecule has 0 bridgehead atoms. The van der Waals surface area contributed by atoms with Crippen LogP contribution < -0.4 is 5.32 Å². The molecule has 0 aliphatic carbocycles. The Hall–Kier alpha value is -1.65. The quantitative estimate of drug-likeness (QED) is 0.883. The van der Waals surface area contributed by atoms with Gasteiger partial charge in [-0.1, -0.05) is 42.5 Å². The van der Waals surface area contributed by atoms with Crippen molar-refractivity contribution >= 4 is 21.8 Å². The van der Waals surface area contributed by atoms with Crippen molar-refractivity contribution in [3.05, 3.63) is 70.2 Å². The van der Waals surface area contributed by atoms with Crippen LogP contribution in [0.3, 0.4) is 0 Å². The summed E-state index contributed by atoms with van der Waals surface area (Å²) in [6.45, 7) is 0.231. The van der Waals surface area contributed by atoms with Gasteiger partial charge in [-0.15, -0.1) is 0 Å². The summed E-state index contributed by atoms with van der Waals surface area (Å²) in [5.74, 6) is -0.190. The third kappa shape index (κ3) is 4.18. The molecule has 20 heavy (non-hydrogen) atoms. The van der Waals surface area contributed by atoms with Crippen molar-refractivity contribution < 1.29 is 9.90 Å². The van der Waals surface area contributed by atoms with E-state index in [1.165, 1.54) is 0 Å². The van der Waals surface area contributed by atoms with E-state index < -0.39 is 6.10 Å². The van der Waals surface area contributed by atoms with E-state index in [2.05, 4.69) is 21.2 Å². The van der Waals surface area contributed by atoms with E-state index in [0.29, 0.717) is 12.0 Å². The molecule has 0 fully saturated rings. The molecule has 1 amide bonds. The van der Waals surface area contributed by atoms with Crippen LogP contribution in [-0.2, 0) is 6.42 Å². The maximum atomic E-state index is 12.0. The zero-order valence-electron chi connectivity index (χ0n) is 10.9. The second kappa shape index (κ2) is 7.22. The highest BCUT2D eigenvalue weighted by Crippen LogP contribution is 2.15. The highest BCUT2D eigenvalue weighted by Gasteiger charge is 2.11. The van der Waals surface area contributed by atoms with Crippen molar-refractivity contribution in [3.63, 3.8) is 0 Å². The summed E-state index contributed by atoms with van der Waals surface area (Å²) in [4.78, 5) is 12.0. The lowest BCUT2D eigenvalue weighted by atomic mass is 10.1. The van der Waals surface area contributed by atoms with E-state index in [9.17, 15) is 9.90 Å². The molecule has 0 saturated carbocycles.